The van der Waals surface area contributed by atoms with E-state index < -0.39 is 15.9 Å². The lowest BCUT2D eigenvalue weighted by Crippen LogP contribution is -2.38. The van der Waals surface area contributed by atoms with Gasteiger partial charge < -0.3 is 5.32 Å². The summed E-state index contributed by atoms with van der Waals surface area (Å²) in [5.41, 5.74) is 0.979. The van der Waals surface area contributed by atoms with Crippen molar-refractivity contribution in [2.24, 2.45) is 0 Å². The molecule has 1 N–H and O–H groups in total. The van der Waals surface area contributed by atoms with Crippen LogP contribution in [0.5, 0.6) is 0 Å². The number of ketones is 1. The van der Waals surface area contributed by atoms with Gasteiger partial charge in [-0.15, -0.1) is 0 Å². The van der Waals surface area contributed by atoms with Crippen molar-refractivity contribution in [3.05, 3.63) is 29.8 Å². The summed E-state index contributed by atoms with van der Waals surface area (Å²) in [7, 11) is -3.39. The number of hydrogen-bond donors (Lipinski definition) is 1. The maximum Gasteiger partial charge on any atom is 0.239 e. The first-order chi connectivity index (χ1) is 9.77. The van der Waals surface area contributed by atoms with Crippen molar-refractivity contribution in [3.8, 4) is 0 Å². The van der Waals surface area contributed by atoms with Crippen LogP contribution in [0.3, 0.4) is 0 Å². The molecule has 0 atom stereocenters. The van der Waals surface area contributed by atoms with Crippen LogP contribution in [-0.4, -0.2) is 43.3 Å². The first kappa shape index (κ1) is 15.7. The Morgan fingerprint density at radius 2 is 2.00 bits per heavy atom. The van der Waals surface area contributed by atoms with Crippen LogP contribution in [0, 0.1) is 0 Å². The largest absolute Gasteiger partial charge is 0.325 e. The average Bonchev–Trinajstić information content (AvgIpc) is 3.19. The number of anilines is 1. The Balaban J connectivity index is 2.04. The number of sulfonamides is 1. The maximum absolute atomic E-state index is 12.0. The fraction of sp³-hybridized carbons (Fsp3) is 0.429. The average molecular weight is 310 g/mol. The van der Waals surface area contributed by atoms with E-state index >= 15 is 0 Å². The minimum Gasteiger partial charge on any atom is -0.325 e. The van der Waals surface area contributed by atoms with Gasteiger partial charge in [-0.1, -0.05) is 12.1 Å². The minimum atomic E-state index is -3.39. The highest BCUT2D eigenvalue weighted by Crippen LogP contribution is 2.28. The highest BCUT2D eigenvalue weighted by Gasteiger charge is 2.36. The van der Waals surface area contributed by atoms with E-state index in [9.17, 15) is 18.0 Å². The zero-order valence-corrected chi connectivity index (χ0v) is 12.8. The van der Waals surface area contributed by atoms with Gasteiger partial charge in [0.05, 0.1) is 12.8 Å². The van der Waals surface area contributed by atoms with Gasteiger partial charge in [0.25, 0.3) is 0 Å². The highest BCUT2D eigenvalue weighted by molar-refractivity contribution is 7.88. The summed E-state index contributed by atoms with van der Waals surface area (Å²) in [6.45, 7) is 1.24. The van der Waals surface area contributed by atoms with Crippen molar-refractivity contribution in [3.63, 3.8) is 0 Å². The standard InChI is InChI=1S/C14H18N2O4S/c1-10(17)11-4-3-5-12(8-11)15-14(18)9-16(13-6-7-13)21(2,19)20/h3-5,8,13H,6-7,9H2,1-2H3,(H,15,18). The smallest absolute Gasteiger partial charge is 0.239 e. The molecule has 0 bridgehead atoms. The molecule has 0 aromatic heterocycles. The molecule has 21 heavy (non-hydrogen) atoms. The molecule has 1 aliphatic rings. The lowest BCUT2D eigenvalue weighted by molar-refractivity contribution is -0.116. The maximum atomic E-state index is 12.0. The van der Waals surface area contributed by atoms with Crippen LogP contribution in [0.2, 0.25) is 0 Å². The summed E-state index contributed by atoms with van der Waals surface area (Å²) < 4.78 is 24.5. The lowest BCUT2D eigenvalue weighted by Gasteiger charge is -2.18. The van der Waals surface area contributed by atoms with Crippen LogP contribution in [0.4, 0.5) is 5.69 Å². The molecule has 1 fully saturated rings. The molecule has 6 nitrogen and oxygen atoms in total. The Kier molecular flexibility index (Phi) is 4.43. The third-order valence-electron chi connectivity index (χ3n) is 3.23. The Labute approximate surface area is 124 Å². The topological polar surface area (TPSA) is 83.6 Å². The zero-order valence-electron chi connectivity index (χ0n) is 12.0. The molecular formula is C14H18N2O4S. The molecule has 0 saturated heterocycles. The van der Waals surface area contributed by atoms with Gasteiger partial charge in [-0.3, -0.25) is 9.59 Å². The van der Waals surface area contributed by atoms with Crippen LogP contribution < -0.4 is 5.32 Å². The summed E-state index contributed by atoms with van der Waals surface area (Å²) in [5.74, 6) is -0.505. The number of Topliss-reactive ketones (excluding diaryl/α,β-unsaturated/α-hetero) is 1. The van der Waals surface area contributed by atoms with E-state index in [0.717, 1.165) is 19.1 Å². The van der Waals surface area contributed by atoms with E-state index in [-0.39, 0.29) is 18.4 Å². The van der Waals surface area contributed by atoms with Crippen LogP contribution in [0.25, 0.3) is 0 Å². The number of benzene rings is 1. The summed E-state index contributed by atoms with van der Waals surface area (Å²) in [6, 6.07) is 6.50. The van der Waals surface area contributed by atoms with E-state index in [1.54, 1.807) is 24.3 Å². The van der Waals surface area contributed by atoms with Gasteiger partial charge in [0.2, 0.25) is 15.9 Å². The summed E-state index contributed by atoms with van der Waals surface area (Å²) in [5, 5.41) is 2.63. The normalized spacial score (nSPS) is 15.0. The lowest BCUT2D eigenvalue weighted by atomic mass is 10.1. The Morgan fingerprint density at radius 3 is 2.52 bits per heavy atom. The molecule has 1 saturated carbocycles. The van der Waals surface area contributed by atoms with Gasteiger partial charge in [0.15, 0.2) is 5.78 Å². The zero-order chi connectivity index (χ0) is 15.6. The predicted molar refractivity (Wildman–Crippen MR) is 79.6 cm³/mol. The Bertz CT molecular complexity index is 665. The molecule has 0 aliphatic heterocycles. The van der Waals surface area contributed by atoms with Gasteiger partial charge in [-0.05, 0) is 31.9 Å². The molecule has 1 aromatic rings. The molecule has 0 unspecified atom stereocenters. The number of rotatable bonds is 6. The van der Waals surface area contributed by atoms with E-state index in [0.29, 0.717) is 11.3 Å². The number of nitrogens with zero attached hydrogens (tertiary/aromatic N) is 1. The molecule has 2 rings (SSSR count). The highest BCUT2D eigenvalue weighted by atomic mass is 32.2. The van der Waals surface area contributed by atoms with Crippen LogP contribution in [0.1, 0.15) is 30.1 Å². The van der Waals surface area contributed by atoms with E-state index in [1.807, 2.05) is 0 Å². The Morgan fingerprint density at radius 1 is 1.33 bits per heavy atom. The second-order valence-electron chi connectivity index (χ2n) is 5.22. The van der Waals surface area contributed by atoms with Crippen molar-refractivity contribution in [2.75, 3.05) is 18.1 Å². The van der Waals surface area contributed by atoms with Gasteiger partial charge >= 0.3 is 0 Å². The molecule has 0 radical (unpaired) electrons. The van der Waals surface area contributed by atoms with Crippen molar-refractivity contribution < 1.29 is 18.0 Å². The van der Waals surface area contributed by atoms with Crippen LogP contribution in [0.15, 0.2) is 24.3 Å². The van der Waals surface area contributed by atoms with Crippen molar-refractivity contribution in [1.82, 2.24) is 4.31 Å². The second-order valence-corrected chi connectivity index (χ2v) is 7.16. The molecule has 114 valence electrons. The van der Waals surface area contributed by atoms with Crippen LogP contribution in [-0.2, 0) is 14.8 Å². The monoisotopic (exact) mass is 310 g/mol. The number of carbonyl (C=O) groups is 2. The molecular weight excluding hydrogens is 292 g/mol. The van der Waals surface area contributed by atoms with E-state index in [1.165, 1.54) is 11.2 Å². The van der Waals surface area contributed by atoms with Gasteiger partial charge in [0, 0.05) is 17.3 Å². The second kappa shape index (κ2) is 5.95. The van der Waals surface area contributed by atoms with Gasteiger partial charge in [-0.2, -0.15) is 4.31 Å². The summed E-state index contributed by atoms with van der Waals surface area (Å²) in [6.07, 6.45) is 2.69. The number of carbonyl (C=O) groups excluding carboxylic acids is 2. The third-order valence-corrected chi connectivity index (χ3v) is 4.51. The first-order valence-corrected chi connectivity index (χ1v) is 8.50. The molecule has 1 aliphatic carbocycles. The number of amides is 1. The van der Waals surface area contributed by atoms with E-state index in [2.05, 4.69) is 5.32 Å². The van der Waals surface area contributed by atoms with E-state index in [4.69, 9.17) is 0 Å². The number of hydrogen-bond acceptors (Lipinski definition) is 4. The predicted octanol–water partition coefficient (Wildman–Crippen LogP) is 1.25. The molecule has 7 heteroatoms. The Hall–Kier alpha value is -1.73. The SMILES string of the molecule is CC(=O)c1cccc(NC(=O)CN(C2CC2)S(C)(=O)=O)c1. The summed E-state index contributed by atoms with van der Waals surface area (Å²) in [4.78, 5) is 23.3. The summed E-state index contributed by atoms with van der Waals surface area (Å²) >= 11 is 0. The van der Waals surface area contributed by atoms with Crippen LogP contribution >= 0.6 is 0 Å². The van der Waals surface area contributed by atoms with Crippen molar-refractivity contribution >= 4 is 27.4 Å². The van der Waals surface area contributed by atoms with Gasteiger partial charge in [0.1, 0.15) is 0 Å². The molecule has 1 amide bonds. The third kappa shape index (κ3) is 4.37. The molecule has 0 heterocycles. The quantitative estimate of drug-likeness (QED) is 0.802. The first-order valence-electron chi connectivity index (χ1n) is 6.65. The number of nitrogens with one attached hydrogen (secondary N) is 1. The fourth-order valence-electron chi connectivity index (χ4n) is 2.04. The van der Waals surface area contributed by atoms with Gasteiger partial charge in [-0.25, -0.2) is 8.42 Å². The minimum absolute atomic E-state index is 0.0608. The molecule has 1 aromatic carbocycles. The van der Waals surface area contributed by atoms with Crippen molar-refractivity contribution in [2.45, 2.75) is 25.8 Å². The van der Waals surface area contributed by atoms with Crippen molar-refractivity contribution in [1.29, 1.82) is 0 Å². The fourth-order valence-corrected chi connectivity index (χ4v) is 3.14. The molecule has 0 spiro atoms.